The molecule has 0 bridgehead atoms. The molecule has 2 aromatic rings. The van der Waals surface area contributed by atoms with Crippen molar-refractivity contribution in [1.82, 2.24) is 9.97 Å². The van der Waals surface area contributed by atoms with Crippen LogP contribution in [0.5, 0.6) is 0 Å². The van der Waals surface area contributed by atoms with Gasteiger partial charge in [-0.25, -0.2) is 4.98 Å². The van der Waals surface area contributed by atoms with Crippen LogP contribution in [0.15, 0.2) is 65.1 Å². The zero-order valence-corrected chi connectivity index (χ0v) is 15.4. The van der Waals surface area contributed by atoms with E-state index in [1.54, 1.807) is 17.8 Å². The minimum absolute atomic E-state index is 0.327. The first-order chi connectivity index (χ1) is 12.7. The van der Waals surface area contributed by atoms with Gasteiger partial charge in [0.15, 0.2) is 0 Å². The lowest BCUT2D eigenvalue weighted by atomic mass is 9.96. The normalized spacial score (nSPS) is 14.2. The van der Waals surface area contributed by atoms with Gasteiger partial charge in [-0.2, -0.15) is 4.98 Å². The number of nitrogens with two attached hydrogens (primary N) is 2. The zero-order chi connectivity index (χ0) is 18.4. The second-order valence-corrected chi connectivity index (χ2v) is 7.12. The fourth-order valence-corrected chi connectivity index (χ4v) is 3.79. The summed E-state index contributed by atoms with van der Waals surface area (Å²) in [6, 6.07) is 8.19. The van der Waals surface area contributed by atoms with E-state index in [1.807, 2.05) is 24.3 Å². The van der Waals surface area contributed by atoms with Gasteiger partial charge in [0.2, 0.25) is 5.95 Å². The summed E-state index contributed by atoms with van der Waals surface area (Å²) >= 11 is 1.63. The Labute approximate surface area is 158 Å². The Kier molecular flexibility index (Phi) is 5.96. The Hall–Kier alpha value is -2.73. The van der Waals surface area contributed by atoms with Crippen molar-refractivity contribution in [1.29, 1.82) is 0 Å². The number of rotatable bonds is 6. The predicted molar refractivity (Wildman–Crippen MR) is 110 cm³/mol. The van der Waals surface area contributed by atoms with Crippen LogP contribution in [-0.2, 0) is 12.8 Å². The lowest BCUT2D eigenvalue weighted by Crippen LogP contribution is -2.12. The standard InChI is InChI=1S/C20H23N5S/c1-2-5-15(12-13-21)26-16-10-8-14(9-11-16)23-19-17-6-3-4-7-18(17)24-20(22)25-19/h2,5,8-13H,1,3-4,6-7,21H2,(H3,22,23,24,25)/b13-12-,15-5+. The van der Waals surface area contributed by atoms with Crippen LogP contribution >= 0.6 is 11.8 Å². The predicted octanol–water partition coefficient (Wildman–Crippen LogP) is 4.32. The summed E-state index contributed by atoms with van der Waals surface area (Å²) in [5.41, 5.74) is 14.6. The second-order valence-electron chi connectivity index (χ2n) is 5.98. The van der Waals surface area contributed by atoms with E-state index < -0.39 is 0 Å². The van der Waals surface area contributed by atoms with Crippen LogP contribution in [-0.4, -0.2) is 9.97 Å². The molecule has 0 fully saturated rings. The summed E-state index contributed by atoms with van der Waals surface area (Å²) in [5, 5.41) is 3.40. The van der Waals surface area contributed by atoms with Crippen molar-refractivity contribution < 1.29 is 0 Å². The quantitative estimate of drug-likeness (QED) is 0.522. The van der Waals surface area contributed by atoms with E-state index in [4.69, 9.17) is 11.5 Å². The number of nitrogens with zero attached hydrogens (tertiary/aromatic N) is 2. The van der Waals surface area contributed by atoms with Crippen LogP contribution in [0, 0.1) is 0 Å². The van der Waals surface area contributed by atoms with Crippen molar-refractivity contribution in [3.05, 3.63) is 71.4 Å². The molecule has 5 nitrogen and oxygen atoms in total. The zero-order valence-electron chi connectivity index (χ0n) is 14.6. The molecule has 1 heterocycles. The third-order valence-corrected chi connectivity index (χ3v) is 5.11. The topological polar surface area (TPSA) is 89.8 Å². The Balaban J connectivity index is 1.77. The molecule has 1 aliphatic rings. The largest absolute Gasteiger partial charge is 0.405 e. The van der Waals surface area contributed by atoms with E-state index >= 15 is 0 Å². The fourth-order valence-electron chi connectivity index (χ4n) is 2.93. The minimum Gasteiger partial charge on any atom is -0.405 e. The van der Waals surface area contributed by atoms with Crippen molar-refractivity contribution in [2.75, 3.05) is 11.1 Å². The van der Waals surface area contributed by atoms with E-state index in [2.05, 4.69) is 34.0 Å². The lowest BCUT2D eigenvalue weighted by molar-refractivity contribution is 0.666. The van der Waals surface area contributed by atoms with E-state index in [9.17, 15) is 0 Å². The average Bonchev–Trinajstić information content (AvgIpc) is 2.63. The molecule has 1 aromatic heterocycles. The van der Waals surface area contributed by atoms with Crippen LogP contribution in [0.25, 0.3) is 0 Å². The molecule has 5 N–H and O–H groups in total. The van der Waals surface area contributed by atoms with Gasteiger partial charge >= 0.3 is 0 Å². The third-order valence-electron chi connectivity index (χ3n) is 4.10. The van der Waals surface area contributed by atoms with Crippen LogP contribution in [0.4, 0.5) is 17.5 Å². The first-order valence-corrected chi connectivity index (χ1v) is 9.42. The Bertz CT molecular complexity index is 840. The maximum absolute atomic E-state index is 5.88. The number of thioether (sulfide) groups is 1. The minimum atomic E-state index is 0.327. The smallest absolute Gasteiger partial charge is 0.222 e. The van der Waals surface area contributed by atoms with Crippen molar-refractivity contribution >= 4 is 29.2 Å². The van der Waals surface area contributed by atoms with Crippen molar-refractivity contribution in [3.8, 4) is 0 Å². The Morgan fingerprint density at radius 3 is 2.65 bits per heavy atom. The van der Waals surface area contributed by atoms with Gasteiger partial charge in [0, 0.05) is 21.1 Å². The van der Waals surface area contributed by atoms with Gasteiger partial charge in [0.25, 0.3) is 0 Å². The molecular formula is C20H23N5S. The molecule has 0 saturated carbocycles. The molecule has 1 aromatic carbocycles. The van der Waals surface area contributed by atoms with Gasteiger partial charge < -0.3 is 16.8 Å². The highest BCUT2D eigenvalue weighted by Gasteiger charge is 2.17. The molecular weight excluding hydrogens is 342 g/mol. The number of benzene rings is 1. The first kappa shape index (κ1) is 18.1. The summed E-state index contributed by atoms with van der Waals surface area (Å²) in [5.74, 6) is 1.15. The number of fused-ring (bicyclic) bond motifs is 1. The molecule has 1 aliphatic carbocycles. The third kappa shape index (κ3) is 4.46. The van der Waals surface area contributed by atoms with Crippen molar-refractivity contribution in [2.45, 2.75) is 30.6 Å². The van der Waals surface area contributed by atoms with E-state index in [0.29, 0.717) is 5.95 Å². The summed E-state index contributed by atoms with van der Waals surface area (Å²) in [4.78, 5) is 10.9. The number of aryl methyl sites for hydroxylation is 1. The van der Waals surface area contributed by atoms with E-state index in [-0.39, 0.29) is 0 Å². The van der Waals surface area contributed by atoms with Gasteiger partial charge in [0.05, 0.1) is 5.69 Å². The molecule has 0 atom stereocenters. The molecule has 0 saturated heterocycles. The van der Waals surface area contributed by atoms with Gasteiger partial charge in [-0.1, -0.05) is 24.4 Å². The molecule has 0 amide bonds. The SMILES string of the molecule is C=C/C=C(\C=C/N)Sc1ccc(Nc2nc(N)nc3c2CCCC3)cc1. The number of hydrogen-bond acceptors (Lipinski definition) is 6. The monoisotopic (exact) mass is 365 g/mol. The van der Waals surface area contributed by atoms with Crippen LogP contribution < -0.4 is 16.8 Å². The van der Waals surface area contributed by atoms with Crippen LogP contribution in [0.3, 0.4) is 0 Å². The first-order valence-electron chi connectivity index (χ1n) is 8.61. The molecule has 0 spiro atoms. The average molecular weight is 366 g/mol. The summed E-state index contributed by atoms with van der Waals surface area (Å²) in [6.45, 7) is 3.73. The van der Waals surface area contributed by atoms with Crippen molar-refractivity contribution in [3.63, 3.8) is 0 Å². The maximum atomic E-state index is 5.88. The van der Waals surface area contributed by atoms with E-state index in [0.717, 1.165) is 52.7 Å². The number of anilines is 3. The second kappa shape index (κ2) is 8.58. The molecule has 134 valence electrons. The molecule has 26 heavy (non-hydrogen) atoms. The summed E-state index contributed by atoms with van der Waals surface area (Å²) < 4.78 is 0. The summed E-state index contributed by atoms with van der Waals surface area (Å²) in [7, 11) is 0. The fraction of sp³-hybridized carbons (Fsp3) is 0.200. The number of nitrogen functional groups attached to an aromatic ring is 1. The lowest BCUT2D eigenvalue weighted by Gasteiger charge is -2.19. The van der Waals surface area contributed by atoms with Gasteiger partial charge in [-0.15, -0.1) is 0 Å². The maximum Gasteiger partial charge on any atom is 0.222 e. The molecule has 0 aliphatic heterocycles. The van der Waals surface area contributed by atoms with Gasteiger partial charge in [-0.05, 0) is 68.3 Å². The van der Waals surface area contributed by atoms with Gasteiger partial charge in [-0.3, -0.25) is 0 Å². The van der Waals surface area contributed by atoms with Crippen LogP contribution in [0.1, 0.15) is 24.1 Å². The van der Waals surface area contributed by atoms with Crippen molar-refractivity contribution in [2.24, 2.45) is 5.73 Å². The van der Waals surface area contributed by atoms with Crippen LogP contribution in [0.2, 0.25) is 0 Å². The Morgan fingerprint density at radius 1 is 1.15 bits per heavy atom. The highest BCUT2D eigenvalue weighted by Crippen LogP contribution is 2.31. The number of aromatic nitrogens is 2. The number of hydrogen-bond donors (Lipinski definition) is 3. The highest BCUT2D eigenvalue weighted by molar-refractivity contribution is 8.03. The summed E-state index contributed by atoms with van der Waals surface area (Å²) in [6.07, 6.45) is 11.4. The Morgan fingerprint density at radius 2 is 1.92 bits per heavy atom. The number of allylic oxidation sites excluding steroid dienone is 3. The molecule has 3 rings (SSSR count). The molecule has 6 heteroatoms. The van der Waals surface area contributed by atoms with Gasteiger partial charge in [0.1, 0.15) is 5.82 Å². The van der Waals surface area contributed by atoms with E-state index in [1.165, 1.54) is 11.8 Å². The highest BCUT2D eigenvalue weighted by atomic mass is 32.2. The molecule has 0 radical (unpaired) electrons. The molecule has 0 unspecified atom stereocenters. The number of nitrogens with one attached hydrogen (secondary N) is 1.